The van der Waals surface area contributed by atoms with Crippen molar-refractivity contribution in [3.8, 4) is 0 Å². The Morgan fingerprint density at radius 3 is 2.00 bits per heavy atom. The molecule has 1 aromatic carbocycles. The Morgan fingerprint density at radius 1 is 1.00 bits per heavy atom. The largest absolute Gasteiger partial charge is 0.278 e. The highest BCUT2D eigenvalue weighted by Crippen LogP contribution is 2.32. The van der Waals surface area contributed by atoms with Crippen LogP contribution in [0.25, 0.3) is 0 Å². The van der Waals surface area contributed by atoms with E-state index in [1.165, 1.54) is 6.07 Å². The molecular formula is C10H3Cl3FNO2. The van der Waals surface area contributed by atoms with E-state index in [4.69, 9.17) is 34.8 Å². The molecule has 0 aromatic heterocycles. The summed E-state index contributed by atoms with van der Waals surface area (Å²) in [5.74, 6) is -2.17. The minimum atomic E-state index is -0.760. The van der Waals surface area contributed by atoms with E-state index in [0.29, 0.717) is 0 Å². The first-order valence-corrected chi connectivity index (χ1v) is 5.46. The molecule has 2 rings (SSSR count). The molecule has 1 aliphatic rings. The summed E-state index contributed by atoms with van der Waals surface area (Å²) >= 11 is 16.7. The predicted octanol–water partition coefficient (Wildman–Crippen LogP) is 3.04. The second-order valence-corrected chi connectivity index (χ2v) is 4.34. The lowest BCUT2D eigenvalue weighted by molar-refractivity contribution is -0.120. The van der Waals surface area contributed by atoms with Crippen molar-refractivity contribution in [3.05, 3.63) is 39.1 Å². The molecule has 7 heteroatoms. The van der Waals surface area contributed by atoms with Crippen molar-refractivity contribution in [2.45, 2.75) is 0 Å². The van der Waals surface area contributed by atoms with Gasteiger partial charge in [0, 0.05) is 0 Å². The normalized spacial score (nSPS) is 16.1. The van der Waals surface area contributed by atoms with Gasteiger partial charge in [0.1, 0.15) is 15.9 Å². The monoisotopic (exact) mass is 293 g/mol. The van der Waals surface area contributed by atoms with Gasteiger partial charge in [0.25, 0.3) is 11.8 Å². The van der Waals surface area contributed by atoms with E-state index in [0.717, 1.165) is 17.0 Å². The fraction of sp³-hybridized carbons (Fsp3) is 0. The number of anilines is 1. The van der Waals surface area contributed by atoms with Crippen LogP contribution in [0.2, 0.25) is 5.02 Å². The summed E-state index contributed by atoms with van der Waals surface area (Å²) in [6, 6.07) is 3.42. The van der Waals surface area contributed by atoms with E-state index in [1.807, 2.05) is 0 Å². The number of nitrogens with zero attached hydrogens (tertiary/aromatic N) is 1. The number of carbonyl (C=O) groups excluding carboxylic acids is 2. The van der Waals surface area contributed by atoms with Crippen molar-refractivity contribution in [1.29, 1.82) is 0 Å². The molecule has 3 nitrogen and oxygen atoms in total. The highest BCUT2D eigenvalue weighted by Gasteiger charge is 2.37. The number of rotatable bonds is 1. The van der Waals surface area contributed by atoms with Gasteiger partial charge in [0.2, 0.25) is 0 Å². The average Bonchev–Trinajstić information content (AvgIpc) is 2.48. The fourth-order valence-corrected chi connectivity index (χ4v) is 1.84. The first-order valence-electron chi connectivity index (χ1n) is 4.32. The Bertz CT molecular complexity index is 547. The number of amides is 2. The smallest absolute Gasteiger partial charge is 0.267 e. The molecule has 0 atom stereocenters. The van der Waals surface area contributed by atoms with Gasteiger partial charge in [0.05, 0.1) is 10.7 Å². The maximum absolute atomic E-state index is 13.0. The third-order valence-electron chi connectivity index (χ3n) is 2.14. The first kappa shape index (κ1) is 12.4. The summed E-state index contributed by atoms with van der Waals surface area (Å²) in [7, 11) is 0. The standard InChI is InChI=1S/C10H3Cl3FNO2/c11-5-3-4(1-2-6(5)14)15-9(16)7(12)8(13)10(15)17/h1-3H. The molecule has 0 aliphatic carbocycles. The molecule has 0 radical (unpaired) electrons. The second-order valence-electron chi connectivity index (χ2n) is 3.17. The highest BCUT2D eigenvalue weighted by atomic mass is 35.5. The van der Waals surface area contributed by atoms with E-state index >= 15 is 0 Å². The van der Waals surface area contributed by atoms with Crippen molar-refractivity contribution < 1.29 is 14.0 Å². The quantitative estimate of drug-likeness (QED) is 0.747. The first-order chi connectivity index (χ1) is 7.93. The second kappa shape index (κ2) is 4.29. The molecule has 0 N–H and O–H groups in total. The minimum Gasteiger partial charge on any atom is -0.267 e. The van der Waals surface area contributed by atoms with E-state index < -0.39 is 17.6 Å². The summed E-state index contributed by atoms with van der Waals surface area (Å²) < 4.78 is 13.0. The van der Waals surface area contributed by atoms with Gasteiger partial charge in [-0.2, -0.15) is 0 Å². The van der Waals surface area contributed by atoms with Crippen LogP contribution in [0, 0.1) is 5.82 Å². The summed E-state index contributed by atoms with van der Waals surface area (Å²) in [6.45, 7) is 0. The number of halogens is 4. The van der Waals surface area contributed by atoms with Crippen LogP contribution in [0.5, 0.6) is 0 Å². The summed E-state index contributed by atoms with van der Waals surface area (Å²) in [5, 5.41) is -0.934. The lowest BCUT2D eigenvalue weighted by Crippen LogP contribution is -2.30. The van der Waals surface area contributed by atoms with E-state index in [2.05, 4.69) is 0 Å². The molecule has 0 saturated carbocycles. The van der Waals surface area contributed by atoms with Crippen molar-refractivity contribution >= 4 is 52.3 Å². The predicted molar refractivity (Wildman–Crippen MR) is 62.6 cm³/mol. The van der Waals surface area contributed by atoms with Crippen molar-refractivity contribution in [2.24, 2.45) is 0 Å². The van der Waals surface area contributed by atoms with Crippen LogP contribution in [-0.2, 0) is 9.59 Å². The van der Waals surface area contributed by atoms with Crippen molar-refractivity contribution in [2.75, 3.05) is 4.90 Å². The Hall–Kier alpha value is -1.10. The lowest BCUT2D eigenvalue weighted by Gasteiger charge is -2.14. The fourth-order valence-electron chi connectivity index (χ4n) is 1.33. The van der Waals surface area contributed by atoms with E-state index in [9.17, 15) is 14.0 Å². The van der Waals surface area contributed by atoms with Crippen LogP contribution in [0.4, 0.5) is 10.1 Å². The lowest BCUT2D eigenvalue weighted by atomic mass is 10.3. The molecule has 1 aromatic rings. The highest BCUT2D eigenvalue weighted by molar-refractivity contribution is 6.62. The molecule has 0 fully saturated rings. The summed E-state index contributed by atoms with van der Waals surface area (Å²) in [4.78, 5) is 24.0. The average molecular weight is 294 g/mol. The van der Waals surface area contributed by atoms with E-state index in [1.54, 1.807) is 0 Å². The third kappa shape index (κ3) is 1.92. The Balaban J connectivity index is 2.47. The molecule has 0 bridgehead atoms. The summed E-state index contributed by atoms with van der Waals surface area (Å²) in [6.07, 6.45) is 0. The maximum atomic E-state index is 13.0. The zero-order valence-electron chi connectivity index (χ0n) is 8.01. The Kier molecular flexibility index (Phi) is 3.12. The van der Waals surface area contributed by atoms with Gasteiger partial charge in [-0.25, -0.2) is 9.29 Å². The van der Waals surface area contributed by atoms with E-state index in [-0.39, 0.29) is 20.8 Å². The van der Waals surface area contributed by atoms with Crippen molar-refractivity contribution in [1.82, 2.24) is 0 Å². The van der Waals surface area contributed by atoms with Crippen LogP contribution in [0.1, 0.15) is 0 Å². The van der Waals surface area contributed by atoms with Gasteiger partial charge in [-0.15, -0.1) is 0 Å². The molecule has 17 heavy (non-hydrogen) atoms. The number of hydrogen-bond donors (Lipinski definition) is 0. The molecule has 0 saturated heterocycles. The van der Waals surface area contributed by atoms with Crippen LogP contribution in [-0.4, -0.2) is 11.8 Å². The van der Waals surface area contributed by atoms with Gasteiger partial charge < -0.3 is 0 Å². The van der Waals surface area contributed by atoms with Crippen molar-refractivity contribution in [3.63, 3.8) is 0 Å². The SMILES string of the molecule is O=C1C(Cl)=C(Cl)C(=O)N1c1ccc(F)c(Cl)c1. The topological polar surface area (TPSA) is 37.4 Å². The maximum Gasteiger partial charge on any atom is 0.278 e. The number of carbonyl (C=O) groups is 2. The van der Waals surface area contributed by atoms with Gasteiger partial charge >= 0.3 is 0 Å². The van der Waals surface area contributed by atoms with Gasteiger partial charge in [0.15, 0.2) is 0 Å². The number of imide groups is 1. The third-order valence-corrected chi connectivity index (χ3v) is 3.22. The zero-order chi connectivity index (χ0) is 12.7. The van der Waals surface area contributed by atoms with Gasteiger partial charge in [-0.3, -0.25) is 9.59 Å². The Labute approximate surface area is 110 Å². The molecule has 1 heterocycles. The number of benzene rings is 1. The molecule has 0 spiro atoms. The summed E-state index contributed by atoms with van der Waals surface area (Å²) in [5.41, 5.74) is 0.111. The molecule has 0 unspecified atom stereocenters. The zero-order valence-corrected chi connectivity index (χ0v) is 10.3. The minimum absolute atomic E-state index is 0.111. The van der Waals surface area contributed by atoms with Crippen LogP contribution >= 0.6 is 34.8 Å². The number of hydrogen-bond acceptors (Lipinski definition) is 2. The molecule has 1 aliphatic heterocycles. The van der Waals surface area contributed by atoms with Crippen LogP contribution in [0.3, 0.4) is 0 Å². The Morgan fingerprint density at radius 2 is 1.53 bits per heavy atom. The van der Waals surface area contributed by atoms with Crippen LogP contribution in [0.15, 0.2) is 28.3 Å². The molecular weight excluding hydrogens is 291 g/mol. The van der Waals surface area contributed by atoms with Gasteiger partial charge in [-0.05, 0) is 18.2 Å². The molecule has 88 valence electrons. The van der Waals surface area contributed by atoms with Crippen LogP contribution < -0.4 is 4.90 Å². The molecule has 2 amide bonds. The van der Waals surface area contributed by atoms with Gasteiger partial charge in [-0.1, -0.05) is 34.8 Å².